The Bertz CT molecular complexity index is 924. The highest BCUT2D eigenvalue weighted by Crippen LogP contribution is 2.29. The number of amides is 1. The normalized spacial score (nSPS) is 11.0. The van der Waals surface area contributed by atoms with E-state index in [1.807, 2.05) is 0 Å². The molecule has 0 fully saturated rings. The zero-order chi connectivity index (χ0) is 18.6. The number of methoxy groups -OCH3 is 1. The number of nitrogens with one attached hydrogen (secondary N) is 1. The third-order valence-electron chi connectivity index (χ3n) is 3.26. The lowest BCUT2D eigenvalue weighted by Gasteiger charge is -2.10. The average molecular weight is 364 g/mol. The Kier molecular flexibility index (Phi) is 5.38. The van der Waals surface area contributed by atoms with Gasteiger partial charge in [-0.25, -0.2) is 8.42 Å². The van der Waals surface area contributed by atoms with Gasteiger partial charge in [0.15, 0.2) is 9.84 Å². The second-order valence-electron chi connectivity index (χ2n) is 5.37. The topological polar surface area (TPSA) is 116 Å². The van der Waals surface area contributed by atoms with Crippen molar-refractivity contribution < 1.29 is 22.9 Å². The van der Waals surface area contributed by atoms with Crippen LogP contribution in [0.1, 0.15) is 15.9 Å². The first-order valence-corrected chi connectivity index (χ1v) is 9.16. The average Bonchev–Trinajstić information content (AvgIpc) is 2.53. The number of nitro benzene ring substituents is 1. The van der Waals surface area contributed by atoms with E-state index < -0.39 is 20.7 Å². The number of rotatable bonds is 6. The van der Waals surface area contributed by atoms with Gasteiger partial charge in [-0.3, -0.25) is 14.9 Å². The number of sulfone groups is 1. The molecule has 0 radical (unpaired) electrons. The lowest BCUT2D eigenvalue weighted by molar-refractivity contribution is -0.384. The predicted octanol–water partition coefficient (Wildman–Crippen LogP) is 2.40. The lowest BCUT2D eigenvalue weighted by Crippen LogP contribution is -2.13. The van der Waals surface area contributed by atoms with Crippen LogP contribution in [0.15, 0.2) is 42.5 Å². The quantitative estimate of drug-likeness (QED) is 0.621. The highest BCUT2D eigenvalue weighted by atomic mass is 32.2. The number of non-ortho nitro benzene ring substituents is 1. The first-order valence-electron chi connectivity index (χ1n) is 7.10. The van der Waals surface area contributed by atoms with Crippen molar-refractivity contribution in [2.75, 3.05) is 18.7 Å². The number of hydrogen-bond acceptors (Lipinski definition) is 6. The Labute approximate surface area is 144 Å². The molecule has 2 aromatic carbocycles. The van der Waals surface area contributed by atoms with Crippen LogP contribution in [-0.2, 0) is 15.6 Å². The van der Waals surface area contributed by atoms with Gasteiger partial charge >= 0.3 is 0 Å². The molecule has 9 heteroatoms. The van der Waals surface area contributed by atoms with Crippen molar-refractivity contribution in [1.82, 2.24) is 0 Å². The fourth-order valence-corrected chi connectivity index (χ4v) is 2.99. The first kappa shape index (κ1) is 18.4. The minimum absolute atomic E-state index is 0.148. The molecule has 8 nitrogen and oxygen atoms in total. The second kappa shape index (κ2) is 7.31. The molecule has 0 spiro atoms. The summed E-state index contributed by atoms with van der Waals surface area (Å²) < 4.78 is 27.8. The van der Waals surface area contributed by atoms with E-state index in [1.54, 1.807) is 12.1 Å². The predicted molar refractivity (Wildman–Crippen MR) is 92.6 cm³/mol. The molecular formula is C16H16N2O6S. The van der Waals surface area contributed by atoms with E-state index in [4.69, 9.17) is 4.74 Å². The molecule has 0 saturated carbocycles. The van der Waals surface area contributed by atoms with Gasteiger partial charge in [-0.15, -0.1) is 0 Å². The summed E-state index contributed by atoms with van der Waals surface area (Å²) in [5, 5.41) is 13.4. The molecule has 2 rings (SSSR count). The van der Waals surface area contributed by atoms with Gasteiger partial charge in [-0.2, -0.15) is 0 Å². The summed E-state index contributed by atoms with van der Waals surface area (Å²) in [6.45, 7) is 0. The van der Waals surface area contributed by atoms with Crippen molar-refractivity contribution in [3.63, 3.8) is 0 Å². The maximum atomic E-state index is 12.4. The fraction of sp³-hybridized carbons (Fsp3) is 0.188. The van der Waals surface area contributed by atoms with Crippen LogP contribution in [0.5, 0.6) is 5.75 Å². The van der Waals surface area contributed by atoms with E-state index in [9.17, 15) is 23.3 Å². The summed E-state index contributed by atoms with van der Waals surface area (Å²) in [6, 6.07) is 9.99. The molecule has 0 aliphatic carbocycles. The third-order valence-corrected chi connectivity index (χ3v) is 4.12. The molecule has 25 heavy (non-hydrogen) atoms. The number of nitro groups is 1. The number of anilines is 1. The Morgan fingerprint density at radius 1 is 1.24 bits per heavy atom. The largest absolute Gasteiger partial charge is 0.495 e. The van der Waals surface area contributed by atoms with Gasteiger partial charge in [0.05, 0.1) is 23.5 Å². The van der Waals surface area contributed by atoms with Crippen LogP contribution in [-0.4, -0.2) is 32.6 Å². The number of nitrogens with zero attached hydrogens (tertiary/aromatic N) is 1. The monoisotopic (exact) mass is 364 g/mol. The minimum atomic E-state index is -3.23. The van der Waals surface area contributed by atoms with Gasteiger partial charge in [0, 0.05) is 24.0 Å². The maximum Gasteiger partial charge on any atom is 0.271 e. The second-order valence-corrected chi connectivity index (χ2v) is 7.51. The number of benzene rings is 2. The standard InChI is InChI=1S/C16H16N2O6S/c1-24-15-7-6-13(18(20)21)9-14(15)17-16(19)12-5-3-4-11(8-12)10-25(2,22)23/h3-9H,10H2,1-2H3,(H,17,19). The Morgan fingerprint density at radius 3 is 2.56 bits per heavy atom. The van der Waals surface area contributed by atoms with Crippen LogP contribution in [0.25, 0.3) is 0 Å². The van der Waals surface area contributed by atoms with Crippen molar-refractivity contribution in [3.05, 3.63) is 63.7 Å². The molecule has 0 saturated heterocycles. The molecule has 2 aromatic rings. The summed E-state index contributed by atoms with van der Waals surface area (Å²) in [5.41, 5.74) is 0.660. The highest BCUT2D eigenvalue weighted by Gasteiger charge is 2.15. The third kappa shape index (κ3) is 5.01. The summed E-state index contributed by atoms with van der Waals surface area (Å²) >= 11 is 0. The Hall–Kier alpha value is -2.94. The zero-order valence-corrected chi connectivity index (χ0v) is 14.4. The van der Waals surface area contributed by atoms with Gasteiger partial charge in [0.25, 0.3) is 11.6 Å². The summed E-state index contributed by atoms with van der Waals surface area (Å²) in [6.07, 6.45) is 1.10. The molecule has 0 atom stereocenters. The smallest absolute Gasteiger partial charge is 0.271 e. The molecule has 0 unspecified atom stereocenters. The Morgan fingerprint density at radius 2 is 1.96 bits per heavy atom. The lowest BCUT2D eigenvalue weighted by atomic mass is 10.1. The SMILES string of the molecule is COc1ccc([N+](=O)[O-])cc1NC(=O)c1cccc(CS(C)(=O)=O)c1. The van der Waals surface area contributed by atoms with Crippen LogP contribution in [0, 0.1) is 10.1 Å². The van der Waals surface area contributed by atoms with Gasteiger partial charge in [0.1, 0.15) is 5.75 Å². The molecule has 1 amide bonds. The van der Waals surface area contributed by atoms with Gasteiger partial charge in [-0.1, -0.05) is 12.1 Å². The number of ether oxygens (including phenoxy) is 1. The molecule has 132 valence electrons. The van der Waals surface area contributed by atoms with Crippen molar-refractivity contribution in [2.45, 2.75) is 5.75 Å². The number of carbonyl (C=O) groups excluding carboxylic acids is 1. The summed E-state index contributed by atoms with van der Waals surface area (Å²) in [7, 11) is -1.85. The summed E-state index contributed by atoms with van der Waals surface area (Å²) in [4.78, 5) is 22.7. The van der Waals surface area contributed by atoms with Crippen LogP contribution < -0.4 is 10.1 Å². The molecule has 0 bridgehead atoms. The highest BCUT2D eigenvalue weighted by molar-refractivity contribution is 7.89. The Balaban J connectivity index is 2.29. The molecule has 0 aromatic heterocycles. The molecule has 0 heterocycles. The van der Waals surface area contributed by atoms with Crippen molar-refractivity contribution in [2.24, 2.45) is 0 Å². The number of hydrogen-bond donors (Lipinski definition) is 1. The van der Waals surface area contributed by atoms with Crippen molar-refractivity contribution in [1.29, 1.82) is 0 Å². The first-order chi connectivity index (χ1) is 11.7. The van der Waals surface area contributed by atoms with E-state index in [2.05, 4.69) is 5.32 Å². The number of carbonyl (C=O) groups is 1. The van der Waals surface area contributed by atoms with E-state index in [1.165, 1.54) is 37.4 Å². The van der Waals surface area contributed by atoms with Crippen LogP contribution in [0.3, 0.4) is 0 Å². The van der Waals surface area contributed by atoms with Gasteiger partial charge in [0.2, 0.25) is 0 Å². The van der Waals surface area contributed by atoms with E-state index in [0.717, 1.165) is 6.26 Å². The minimum Gasteiger partial charge on any atom is -0.495 e. The van der Waals surface area contributed by atoms with E-state index >= 15 is 0 Å². The summed E-state index contributed by atoms with van der Waals surface area (Å²) in [5.74, 6) is -0.450. The molecular weight excluding hydrogens is 348 g/mol. The van der Waals surface area contributed by atoms with Crippen LogP contribution in [0.2, 0.25) is 0 Å². The zero-order valence-electron chi connectivity index (χ0n) is 13.6. The van der Waals surface area contributed by atoms with Crippen molar-refractivity contribution in [3.8, 4) is 5.75 Å². The molecule has 1 N–H and O–H groups in total. The molecule has 0 aliphatic rings. The van der Waals surface area contributed by atoms with E-state index in [0.29, 0.717) is 5.56 Å². The molecule has 0 aliphatic heterocycles. The van der Waals surface area contributed by atoms with Crippen LogP contribution >= 0.6 is 0 Å². The van der Waals surface area contributed by atoms with Gasteiger partial charge in [-0.05, 0) is 23.8 Å². The van der Waals surface area contributed by atoms with Crippen LogP contribution in [0.4, 0.5) is 11.4 Å². The van der Waals surface area contributed by atoms with Gasteiger partial charge < -0.3 is 10.1 Å². The fourth-order valence-electron chi connectivity index (χ4n) is 2.21. The maximum absolute atomic E-state index is 12.4. The van der Waals surface area contributed by atoms with Crippen molar-refractivity contribution >= 4 is 27.1 Å². The van der Waals surface area contributed by atoms with E-state index in [-0.39, 0.29) is 28.4 Å².